The number of carbonyl (C=O) groups is 1. The van der Waals surface area contributed by atoms with Gasteiger partial charge in [0, 0.05) is 17.8 Å². The first-order chi connectivity index (χ1) is 18.4. The number of hydrogen-bond donors (Lipinski definition) is 1. The molecule has 8 nitrogen and oxygen atoms in total. The quantitative estimate of drug-likeness (QED) is 0.359. The lowest BCUT2D eigenvalue weighted by Gasteiger charge is -2.33. The highest BCUT2D eigenvalue weighted by Crippen LogP contribution is 2.33. The van der Waals surface area contributed by atoms with Gasteiger partial charge in [0.05, 0.1) is 25.7 Å². The van der Waals surface area contributed by atoms with Crippen LogP contribution in [0.4, 0.5) is 5.69 Å². The van der Waals surface area contributed by atoms with Gasteiger partial charge in [-0.05, 0) is 54.8 Å². The second-order valence-electron chi connectivity index (χ2n) is 9.21. The molecule has 0 atom stereocenters. The van der Waals surface area contributed by atoms with Gasteiger partial charge in [-0.2, -0.15) is 4.31 Å². The predicted molar refractivity (Wildman–Crippen MR) is 146 cm³/mol. The van der Waals surface area contributed by atoms with Gasteiger partial charge in [-0.1, -0.05) is 49.6 Å². The molecule has 4 rings (SSSR count). The Bertz CT molecular complexity index is 1310. The Hall–Kier alpha value is -3.56. The van der Waals surface area contributed by atoms with Crippen LogP contribution < -0.4 is 19.5 Å². The minimum atomic E-state index is -3.97. The molecule has 0 radical (unpaired) electrons. The molecule has 1 aliphatic rings. The number of carbonyl (C=O) groups excluding carboxylic acids is 1. The van der Waals surface area contributed by atoms with E-state index < -0.39 is 15.9 Å². The van der Waals surface area contributed by atoms with Gasteiger partial charge in [-0.25, -0.2) is 8.42 Å². The first kappa shape index (κ1) is 27.5. The highest BCUT2D eigenvalue weighted by Gasteiger charge is 2.34. The second-order valence-corrected chi connectivity index (χ2v) is 11.1. The number of amides is 1. The maximum Gasteiger partial charge on any atom is 0.243 e. The molecule has 0 bridgehead atoms. The zero-order valence-electron chi connectivity index (χ0n) is 21.8. The van der Waals surface area contributed by atoms with Crippen molar-refractivity contribution < 1.29 is 27.4 Å². The van der Waals surface area contributed by atoms with Crippen LogP contribution in [0.2, 0.25) is 0 Å². The third-order valence-electron chi connectivity index (χ3n) is 6.63. The lowest BCUT2D eigenvalue weighted by molar-refractivity contribution is -0.116. The fourth-order valence-corrected chi connectivity index (χ4v) is 6.27. The van der Waals surface area contributed by atoms with Crippen LogP contribution >= 0.6 is 0 Å². The normalized spacial score (nSPS) is 14.2. The van der Waals surface area contributed by atoms with Crippen molar-refractivity contribution >= 4 is 21.6 Å². The van der Waals surface area contributed by atoms with Crippen LogP contribution in [0.3, 0.4) is 0 Å². The molecule has 1 saturated carbocycles. The average Bonchev–Trinajstić information content (AvgIpc) is 2.96. The van der Waals surface area contributed by atoms with E-state index in [2.05, 4.69) is 5.32 Å². The SMILES string of the molecule is COc1ccc(S(=O)(=O)N(CC(=O)Nc2ccc(OCc3ccccc3)cc2)C2CCCCC2)cc1OC. The number of ether oxygens (including phenoxy) is 3. The van der Waals surface area contributed by atoms with Crippen LogP contribution in [0.5, 0.6) is 17.2 Å². The van der Waals surface area contributed by atoms with Gasteiger partial charge < -0.3 is 19.5 Å². The number of nitrogens with zero attached hydrogens (tertiary/aromatic N) is 1. The molecule has 0 saturated heterocycles. The largest absolute Gasteiger partial charge is 0.493 e. The minimum Gasteiger partial charge on any atom is -0.493 e. The molecule has 0 unspecified atom stereocenters. The molecule has 9 heteroatoms. The number of anilines is 1. The summed E-state index contributed by atoms with van der Waals surface area (Å²) in [6.07, 6.45) is 4.34. The van der Waals surface area contributed by atoms with Gasteiger partial charge in [-0.15, -0.1) is 0 Å². The van der Waals surface area contributed by atoms with Gasteiger partial charge in [0.1, 0.15) is 12.4 Å². The minimum absolute atomic E-state index is 0.0634. The molecule has 1 amide bonds. The third-order valence-corrected chi connectivity index (χ3v) is 8.52. The topological polar surface area (TPSA) is 94.2 Å². The molecule has 0 heterocycles. The van der Waals surface area contributed by atoms with E-state index >= 15 is 0 Å². The molecule has 0 aromatic heterocycles. The summed E-state index contributed by atoms with van der Waals surface area (Å²) >= 11 is 0. The Morgan fingerprint density at radius 2 is 1.58 bits per heavy atom. The van der Waals surface area contributed by atoms with Gasteiger partial charge in [0.2, 0.25) is 15.9 Å². The maximum absolute atomic E-state index is 13.8. The molecule has 1 N–H and O–H groups in total. The standard InChI is InChI=1S/C29H34N2O6S/c1-35-27-18-17-26(19-28(27)36-2)38(33,34)31(24-11-7-4-8-12-24)20-29(32)30-23-13-15-25(16-14-23)37-21-22-9-5-3-6-10-22/h3,5-6,9-10,13-19,24H,4,7-8,11-12,20-21H2,1-2H3,(H,30,32). The monoisotopic (exact) mass is 538 g/mol. The van der Waals surface area contributed by atoms with Gasteiger partial charge >= 0.3 is 0 Å². The number of hydrogen-bond acceptors (Lipinski definition) is 6. The van der Waals surface area contributed by atoms with Crippen molar-refractivity contribution in [1.82, 2.24) is 4.31 Å². The maximum atomic E-state index is 13.8. The van der Waals surface area contributed by atoms with Crippen LogP contribution in [-0.2, 0) is 21.4 Å². The van der Waals surface area contributed by atoms with E-state index in [1.54, 1.807) is 30.3 Å². The number of benzene rings is 3. The van der Waals surface area contributed by atoms with E-state index in [1.165, 1.54) is 30.7 Å². The van der Waals surface area contributed by atoms with Crippen molar-refractivity contribution in [2.45, 2.75) is 49.6 Å². The Labute approximate surface area is 224 Å². The summed E-state index contributed by atoms with van der Waals surface area (Å²) < 4.78 is 45.2. The molecular weight excluding hydrogens is 504 g/mol. The van der Waals surface area contributed by atoms with E-state index in [9.17, 15) is 13.2 Å². The number of methoxy groups -OCH3 is 2. The summed E-state index contributed by atoms with van der Waals surface area (Å²) in [4.78, 5) is 13.1. The molecule has 1 fully saturated rings. The first-order valence-electron chi connectivity index (χ1n) is 12.7. The fourth-order valence-electron chi connectivity index (χ4n) is 4.61. The van der Waals surface area contributed by atoms with E-state index in [0.29, 0.717) is 42.4 Å². The summed E-state index contributed by atoms with van der Waals surface area (Å²) in [6, 6.07) is 21.1. The molecule has 3 aromatic carbocycles. The average molecular weight is 539 g/mol. The molecule has 38 heavy (non-hydrogen) atoms. The van der Waals surface area contributed by atoms with Gasteiger partial charge in [0.25, 0.3) is 0 Å². The van der Waals surface area contributed by atoms with Crippen LogP contribution in [0, 0.1) is 0 Å². The molecule has 0 aliphatic heterocycles. The van der Waals surface area contributed by atoms with Crippen molar-refractivity contribution in [3.05, 3.63) is 78.4 Å². The van der Waals surface area contributed by atoms with Crippen molar-refractivity contribution in [3.63, 3.8) is 0 Å². The number of sulfonamides is 1. The van der Waals surface area contributed by atoms with Crippen LogP contribution in [0.15, 0.2) is 77.7 Å². The predicted octanol–water partition coefficient (Wildman–Crippen LogP) is 5.24. The van der Waals surface area contributed by atoms with E-state index in [4.69, 9.17) is 14.2 Å². The van der Waals surface area contributed by atoms with Crippen LogP contribution in [-0.4, -0.2) is 45.4 Å². The van der Waals surface area contributed by atoms with Crippen molar-refractivity contribution in [3.8, 4) is 17.2 Å². The fraction of sp³-hybridized carbons (Fsp3) is 0.345. The van der Waals surface area contributed by atoms with Crippen LogP contribution in [0.1, 0.15) is 37.7 Å². The molecule has 1 aliphatic carbocycles. The Morgan fingerprint density at radius 3 is 2.24 bits per heavy atom. The smallest absolute Gasteiger partial charge is 0.243 e. The summed E-state index contributed by atoms with van der Waals surface area (Å²) in [5.74, 6) is 1.02. The first-order valence-corrected chi connectivity index (χ1v) is 14.1. The van der Waals surface area contributed by atoms with E-state index in [1.807, 2.05) is 30.3 Å². The van der Waals surface area contributed by atoms with Gasteiger partial charge in [-0.3, -0.25) is 4.79 Å². The molecule has 202 valence electrons. The highest BCUT2D eigenvalue weighted by atomic mass is 32.2. The molecular formula is C29H34N2O6S. The Kier molecular flexibility index (Phi) is 9.25. The van der Waals surface area contributed by atoms with Crippen molar-refractivity contribution in [2.24, 2.45) is 0 Å². The summed E-state index contributed by atoms with van der Waals surface area (Å²) in [6.45, 7) is 0.157. The van der Waals surface area contributed by atoms with E-state index in [-0.39, 0.29) is 17.5 Å². The zero-order valence-corrected chi connectivity index (χ0v) is 22.6. The van der Waals surface area contributed by atoms with Crippen molar-refractivity contribution in [1.29, 1.82) is 0 Å². The third kappa shape index (κ3) is 6.85. The summed E-state index contributed by atoms with van der Waals surface area (Å²) in [5.41, 5.74) is 1.62. The number of rotatable bonds is 11. The van der Waals surface area contributed by atoms with Gasteiger partial charge in [0.15, 0.2) is 11.5 Å². The lowest BCUT2D eigenvalue weighted by atomic mass is 9.95. The molecule has 0 spiro atoms. The lowest BCUT2D eigenvalue weighted by Crippen LogP contribution is -2.45. The zero-order chi connectivity index (χ0) is 27.0. The Morgan fingerprint density at radius 1 is 0.895 bits per heavy atom. The summed E-state index contributed by atoms with van der Waals surface area (Å²) in [7, 11) is -1.02. The van der Waals surface area contributed by atoms with Crippen LogP contribution in [0.25, 0.3) is 0 Å². The second kappa shape index (κ2) is 12.8. The molecule has 3 aromatic rings. The Balaban J connectivity index is 1.46. The highest BCUT2D eigenvalue weighted by molar-refractivity contribution is 7.89. The number of nitrogens with one attached hydrogen (secondary N) is 1. The van der Waals surface area contributed by atoms with Crippen molar-refractivity contribution in [2.75, 3.05) is 26.1 Å². The van der Waals surface area contributed by atoms with E-state index in [0.717, 1.165) is 24.8 Å². The summed E-state index contributed by atoms with van der Waals surface area (Å²) in [5, 5.41) is 2.83.